The zero-order chi connectivity index (χ0) is 18.4. The molecule has 2 aromatic heterocycles. The highest BCUT2D eigenvalue weighted by Gasteiger charge is 2.24. The molecular formula is C24H22N2O. The Kier molecular flexibility index (Phi) is 3.75. The number of aryl methyl sites for hydroxylation is 1. The molecule has 134 valence electrons. The number of fused-ring (bicyclic) bond motifs is 1. The third-order valence-corrected chi connectivity index (χ3v) is 5.37. The largest absolute Gasteiger partial charge is 0.437 e. The molecule has 1 aliphatic carbocycles. The lowest BCUT2D eigenvalue weighted by molar-refractivity contribution is 0.589. The number of oxazole rings is 1. The fourth-order valence-electron chi connectivity index (χ4n) is 3.80. The highest BCUT2D eigenvalue weighted by atomic mass is 16.3. The van der Waals surface area contributed by atoms with Crippen molar-refractivity contribution < 1.29 is 4.42 Å². The van der Waals surface area contributed by atoms with Gasteiger partial charge < -0.3 is 8.98 Å². The lowest BCUT2D eigenvalue weighted by Crippen LogP contribution is -1.98. The quantitative estimate of drug-likeness (QED) is 0.431. The van der Waals surface area contributed by atoms with Crippen LogP contribution in [0.25, 0.3) is 28.9 Å². The molecule has 0 unspecified atom stereocenters. The number of hydrogen-bond acceptors (Lipinski definition) is 2. The van der Waals surface area contributed by atoms with Crippen molar-refractivity contribution in [1.29, 1.82) is 0 Å². The van der Waals surface area contributed by atoms with Gasteiger partial charge in [-0.2, -0.15) is 0 Å². The molecule has 0 spiro atoms. The molecule has 2 aromatic carbocycles. The Morgan fingerprint density at radius 1 is 1.00 bits per heavy atom. The van der Waals surface area contributed by atoms with Gasteiger partial charge in [-0.3, -0.25) is 0 Å². The zero-order valence-corrected chi connectivity index (χ0v) is 15.6. The van der Waals surface area contributed by atoms with Crippen LogP contribution < -0.4 is 0 Å². The summed E-state index contributed by atoms with van der Waals surface area (Å²) in [7, 11) is 0. The van der Waals surface area contributed by atoms with Crippen molar-refractivity contribution in [2.45, 2.75) is 32.6 Å². The van der Waals surface area contributed by atoms with Crippen LogP contribution in [0.5, 0.6) is 0 Å². The van der Waals surface area contributed by atoms with Gasteiger partial charge in [0.2, 0.25) is 5.89 Å². The summed E-state index contributed by atoms with van der Waals surface area (Å²) in [6.07, 6.45) is 6.66. The number of aromatic nitrogens is 2. The smallest absolute Gasteiger partial charge is 0.220 e. The fourth-order valence-corrected chi connectivity index (χ4v) is 3.80. The molecule has 0 amide bonds. The first-order valence-corrected chi connectivity index (χ1v) is 9.52. The lowest BCUT2D eigenvalue weighted by atomic mass is 10.1. The van der Waals surface area contributed by atoms with E-state index in [9.17, 15) is 0 Å². The molecule has 3 nitrogen and oxygen atoms in total. The molecule has 0 atom stereocenters. The molecule has 1 aliphatic rings. The third kappa shape index (κ3) is 2.99. The van der Waals surface area contributed by atoms with Crippen LogP contribution >= 0.6 is 0 Å². The summed E-state index contributed by atoms with van der Waals surface area (Å²) < 4.78 is 8.17. The van der Waals surface area contributed by atoms with Crippen LogP contribution in [0.4, 0.5) is 0 Å². The first-order valence-electron chi connectivity index (χ1n) is 9.52. The normalized spacial score (nSPS) is 14.4. The Hall–Kier alpha value is -3.07. The van der Waals surface area contributed by atoms with Crippen molar-refractivity contribution >= 4 is 23.3 Å². The van der Waals surface area contributed by atoms with Crippen molar-refractivity contribution in [2.24, 2.45) is 0 Å². The average Bonchev–Trinajstić information content (AvgIpc) is 3.38. The highest BCUT2D eigenvalue weighted by Crippen LogP contribution is 2.40. The predicted octanol–water partition coefficient (Wildman–Crippen LogP) is 6.28. The van der Waals surface area contributed by atoms with E-state index in [2.05, 4.69) is 78.0 Å². The van der Waals surface area contributed by atoms with E-state index in [4.69, 9.17) is 4.42 Å². The van der Waals surface area contributed by atoms with E-state index in [0.717, 1.165) is 17.0 Å². The second-order valence-electron chi connectivity index (χ2n) is 7.38. The van der Waals surface area contributed by atoms with E-state index in [1.54, 1.807) is 0 Å². The molecule has 0 saturated heterocycles. The molecule has 0 N–H and O–H groups in total. The maximum Gasteiger partial charge on any atom is 0.220 e. The Balaban J connectivity index is 1.46. The van der Waals surface area contributed by atoms with E-state index >= 15 is 0 Å². The minimum Gasteiger partial charge on any atom is -0.437 e. The van der Waals surface area contributed by atoms with E-state index < -0.39 is 0 Å². The van der Waals surface area contributed by atoms with Gasteiger partial charge in [-0.1, -0.05) is 24.3 Å². The van der Waals surface area contributed by atoms with Crippen LogP contribution in [-0.4, -0.2) is 9.55 Å². The molecule has 3 heteroatoms. The van der Waals surface area contributed by atoms with Gasteiger partial charge in [0.25, 0.3) is 0 Å². The summed E-state index contributed by atoms with van der Waals surface area (Å²) >= 11 is 0. The monoisotopic (exact) mass is 354 g/mol. The molecule has 1 saturated carbocycles. The van der Waals surface area contributed by atoms with Gasteiger partial charge in [0.05, 0.1) is 0 Å². The van der Waals surface area contributed by atoms with Gasteiger partial charge in [-0.25, -0.2) is 4.98 Å². The van der Waals surface area contributed by atoms with Crippen molar-refractivity contribution in [3.05, 3.63) is 83.0 Å². The standard InChI is InChI=1S/C24H22N2O/c1-16-14-19(17(2)26(16)21-6-4-3-5-7-21)11-13-24-25-22-15-20(18-8-9-18)10-12-23(22)27-24/h3-7,10-15,18H,8-9H2,1-2H3/b13-11+. The minimum absolute atomic E-state index is 0.655. The summed E-state index contributed by atoms with van der Waals surface area (Å²) in [6, 6.07) is 19.0. The number of para-hydroxylation sites is 1. The van der Waals surface area contributed by atoms with Crippen molar-refractivity contribution in [3.8, 4) is 5.69 Å². The Bertz CT molecular complexity index is 1140. The third-order valence-electron chi connectivity index (χ3n) is 5.37. The summed E-state index contributed by atoms with van der Waals surface area (Å²) in [5, 5.41) is 0. The van der Waals surface area contributed by atoms with E-state index in [1.807, 2.05) is 12.1 Å². The summed E-state index contributed by atoms with van der Waals surface area (Å²) in [4.78, 5) is 4.66. The first kappa shape index (κ1) is 16.1. The van der Waals surface area contributed by atoms with E-state index in [1.165, 1.54) is 41.0 Å². The van der Waals surface area contributed by atoms with Crippen molar-refractivity contribution in [2.75, 3.05) is 0 Å². The molecular weight excluding hydrogens is 332 g/mol. The van der Waals surface area contributed by atoms with Gasteiger partial charge in [0.15, 0.2) is 5.58 Å². The zero-order valence-electron chi connectivity index (χ0n) is 15.6. The maximum atomic E-state index is 5.90. The van der Waals surface area contributed by atoms with Crippen molar-refractivity contribution in [1.82, 2.24) is 9.55 Å². The Morgan fingerprint density at radius 2 is 1.81 bits per heavy atom. The Labute approximate surface area is 159 Å². The van der Waals surface area contributed by atoms with Crippen LogP contribution in [0.1, 0.15) is 47.2 Å². The van der Waals surface area contributed by atoms with Gasteiger partial charge in [0, 0.05) is 23.2 Å². The molecule has 1 fully saturated rings. The van der Waals surface area contributed by atoms with Crippen LogP contribution in [0.2, 0.25) is 0 Å². The summed E-state index contributed by atoms with van der Waals surface area (Å²) in [5.74, 6) is 1.39. The van der Waals surface area contributed by atoms with Crippen molar-refractivity contribution in [3.63, 3.8) is 0 Å². The van der Waals surface area contributed by atoms with Gasteiger partial charge >= 0.3 is 0 Å². The molecule has 27 heavy (non-hydrogen) atoms. The second kappa shape index (κ2) is 6.27. The molecule has 0 aliphatic heterocycles. The average molecular weight is 354 g/mol. The molecule has 4 aromatic rings. The second-order valence-corrected chi connectivity index (χ2v) is 7.38. The number of nitrogens with zero attached hydrogens (tertiary/aromatic N) is 2. The van der Waals surface area contributed by atoms with Crippen LogP contribution in [0.15, 0.2) is 59.0 Å². The van der Waals surface area contributed by atoms with Gasteiger partial charge in [-0.15, -0.1) is 0 Å². The number of hydrogen-bond donors (Lipinski definition) is 0. The SMILES string of the molecule is Cc1cc(/C=C/c2nc3cc(C4CC4)ccc3o2)c(C)n1-c1ccccc1. The topological polar surface area (TPSA) is 31.0 Å². The van der Waals surface area contributed by atoms with E-state index in [0.29, 0.717) is 5.89 Å². The summed E-state index contributed by atoms with van der Waals surface area (Å²) in [6.45, 7) is 4.28. The minimum atomic E-state index is 0.655. The predicted molar refractivity (Wildman–Crippen MR) is 110 cm³/mol. The van der Waals surface area contributed by atoms with E-state index in [-0.39, 0.29) is 0 Å². The van der Waals surface area contributed by atoms with Gasteiger partial charge in [-0.05, 0) is 80.1 Å². The van der Waals surface area contributed by atoms with Crippen LogP contribution in [0, 0.1) is 13.8 Å². The molecule has 5 rings (SSSR count). The molecule has 2 heterocycles. The van der Waals surface area contributed by atoms with Crippen LogP contribution in [-0.2, 0) is 0 Å². The number of benzene rings is 2. The van der Waals surface area contributed by atoms with Gasteiger partial charge in [0.1, 0.15) is 5.52 Å². The fraction of sp³-hybridized carbons (Fsp3) is 0.208. The maximum absolute atomic E-state index is 5.90. The number of rotatable bonds is 4. The Morgan fingerprint density at radius 3 is 2.59 bits per heavy atom. The summed E-state index contributed by atoms with van der Waals surface area (Å²) in [5.41, 5.74) is 7.98. The first-order chi connectivity index (χ1) is 13.2. The molecule has 0 radical (unpaired) electrons. The van der Waals surface area contributed by atoms with Crippen LogP contribution in [0.3, 0.4) is 0 Å². The highest BCUT2D eigenvalue weighted by molar-refractivity contribution is 5.77. The lowest BCUT2D eigenvalue weighted by Gasteiger charge is -2.09. The molecule has 0 bridgehead atoms.